The van der Waals surface area contributed by atoms with E-state index in [1.807, 2.05) is 0 Å². The Hall–Kier alpha value is -0.530. The molecule has 0 spiro atoms. The van der Waals surface area contributed by atoms with Crippen molar-refractivity contribution in [1.29, 1.82) is 0 Å². The molecule has 3 heterocycles. The van der Waals surface area contributed by atoms with Gasteiger partial charge >= 0.3 is 0 Å². The molecule has 0 amide bonds. The fourth-order valence-electron chi connectivity index (χ4n) is 2.53. The summed E-state index contributed by atoms with van der Waals surface area (Å²) < 4.78 is 0. The van der Waals surface area contributed by atoms with Gasteiger partial charge in [0.2, 0.25) is 0 Å². The van der Waals surface area contributed by atoms with E-state index in [0.717, 1.165) is 49.3 Å². The molecule has 1 aliphatic heterocycles. The van der Waals surface area contributed by atoms with Crippen LogP contribution in [0.25, 0.3) is 0 Å². The quantitative estimate of drug-likeness (QED) is 0.853. The van der Waals surface area contributed by atoms with Gasteiger partial charge in [-0.1, -0.05) is 0 Å². The van der Waals surface area contributed by atoms with E-state index in [0.29, 0.717) is 0 Å². The van der Waals surface area contributed by atoms with E-state index < -0.39 is 0 Å². The molecule has 0 aromatic carbocycles. The number of hydrogen-bond acceptors (Lipinski definition) is 6. The second-order valence-electron chi connectivity index (χ2n) is 5.27. The molecule has 21 heavy (non-hydrogen) atoms. The first-order chi connectivity index (χ1) is 9.69. The van der Waals surface area contributed by atoms with Gasteiger partial charge in [0.25, 0.3) is 0 Å². The molecule has 0 atom stereocenters. The van der Waals surface area contributed by atoms with Gasteiger partial charge in [-0.05, 0) is 13.8 Å². The van der Waals surface area contributed by atoms with Crippen molar-refractivity contribution in [1.82, 2.24) is 19.8 Å². The van der Waals surface area contributed by atoms with Gasteiger partial charge in [0.05, 0.1) is 21.4 Å². The van der Waals surface area contributed by atoms with Crippen LogP contribution in [0.2, 0.25) is 0 Å². The van der Waals surface area contributed by atoms with Crippen LogP contribution in [0.3, 0.4) is 0 Å². The maximum Gasteiger partial charge on any atom is 0.0897 e. The molecule has 1 saturated heterocycles. The number of thiazole rings is 2. The number of halogens is 1. The molecule has 4 nitrogen and oxygen atoms in total. The molecule has 116 valence electrons. The molecule has 0 N–H and O–H groups in total. The summed E-state index contributed by atoms with van der Waals surface area (Å²) in [6.45, 7) is 10.6. The number of aryl methyl sites for hydroxylation is 2. The Kier molecular flexibility index (Phi) is 6.13. The van der Waals surface area contributed by atoms with E-state index in [1.54, 1.807) is 22.7 Å². The zero-order valence-corrected chi connectivity index (χ0v) is 14.9. The highest BCUT2D eigenvalue weighted by atomic mass is 35.5. The average molecular weight is 345 g/mol. The monoisotopic (exact) mass is 344 g/mol. The van der Waals surface area contributed by atoms with Gasteiger partial charge in [-0.2, -0.15) is 0 Å². The molecule has 2 aromatic rings. The van der Waals surface area contributed by atoms with Gasteiger partial charge in [0, 0.05) is 50.0 Å². The van der Waals surface area contributed by atoms with Gasteiger partial charge in [-0.3, -0.25) is 9.80 Å². The number of piperazine rings is 1. The van der Waals surface area contributed by atoms with E-state index in [2.05, 4.69) is 44.4 Å². The molecular weight excluding hydrogens is 324 g/mol. The van der Waals surface area contributed by atoms with Crippen molar-refractivity contribution in [3.8, 4) is 0 Å². The average Bonchev–Trinajstić information content (AvgIpc) is 3.01. The Bertz CT molecular complexity index is 511. The van der Waals surface area contributed by atoms with E-state index in [1.165, 1.54) is 11.4 Å². The largest absolute Gasteiger partial charge is 0.295 e. The van der Waals surface area contributed by atoms with Crippen LogP contribution in [0.4, 0.5) is 0 Å². The van der Waals surface area contributed by atoms with Crippen LogP contribution in [0.15, 0.2) is 10.8 Å². The molecule has 2 aromatic heterocycles. The fourth-order valence-corrected chi connectivity index (χ4v) is 3.73. The first kappa shape index (κ1) is 16.8. The van der Waals surface area contributed by atoms with Gasteiger partial charge in [0.15, 0.2) is 0 Å². The van der Waals surface area contributed by atoms with Crippen LogP contribution in [-0.2, 0) is 13.1 Å². The summed E-state index contributed by atoms with van der Waals surface area (Å²) in [6.07, 6.45) is 0. The second-order valence-corrected chi connectivity index (χ2v) is 7.39. The molecule has 0 saturated carbocycles. The highest BCUT2D eigenvalue weighted by Crippen LogP contribution is 2.14. The van der Waals surface area contributed by atoms with Crippen molar-refractivity contribution < 1.29 is 0 Å². The minimum absolute atomic E-state index is 0. The number of rotatable bonds is 4. The minimum Gasteiger partial charge on any atom is -0.295 e. The van der Waals surface area contributed by atoms with Gasteiger partial charge in [-0.15, -0.1) is 35.1 Å². The maximum atomic E-state index is 4.55. The van der Waals surface area contributed by atoms with Crippen molar-refractivity contribution in [2.75, 3.05) is 26.2 Å². The zero-order chi connectivity index (χ0) is 13.9. The van der Waals surface area contributed by atoms with E-state index >= 15 is 0 Å². The summed E-state index contributed by atoms with van der Waals surface area (Å²) in [7, 11) is 0. The molecule has 0 radical (unpaired) electrons. The Morgan fingerprint density at radius 3 is 1.52 bits per heavy atom. The Labute approximate surface area is 140 Å². The normalized spacial score (nSPS) is 16.9. The fraction of sp³-hybridized carbons (Fsp3) is 0.571. The van der Waals surface area contributed by atoms with Gasteiger partial charge in [-0.25, -0.2) is 9.97 Å². The van der Waals surface area contributed by atoms with Crippen LogP contribution >= 0.6 is 35.1 Å². The Balaban J connectivity index is 0.00000161. The molecule has 1 aliphatic rings. The number of aromatic nitrogens is 2. The van der Waals surface area contributed by atoms with Crippen molar-refractivity contribution in [3.63, 3.8) is 0 Å². The Morgan fingerprint density at radius 1 is 0.857 bits per heavy atom. The first-order valence-electron chi connectivity index (χ1n) is 6.96. The standard InChI is InChI=1S/C14H20N4S2.ClH/c1-11-15-13(9-19-11)7-17-3-5-18(6-4-17)8-14-10-20-12(2)16-14;/h9-10H,3-8H2,1-2H3;1H. The summed E-state index contributed by atoms with van der Waals surface area (Å²) in [5.74, 6) is 0. The lowest BCUT2D eigenvalue weighted by Crippen LogP contribution is -2.45. The van der Waals surface area contributed by atoms with Crippen molar-refractivity contribution in [2.24, 2.45) is 0 Å². The van der Waals surface area contributed by atoms with E-state index in [9.17, 15) is 0 Å². The summed E-state index contributed by atoms with van der Waals surface area (Å²) in [5.41, 5.74) is 2.44. The predicted octanol–water partition coefficient (Wildman–Crippen LogP) is 2.96. The smallest absolute Gasteiger partial charge is 0.0897 e. The SMILES string of the molecule is Cc1nc(CN2CCN(Cc3csc(C)n3)CC2)cs1.Cl. The lowest BCUT2D eigenvalue weighted by molar-refractivity contribution is 0.120. The molecule has 0 aliphatic carbocycles. The van der Waals surface area contributed by atoms with E-state index in [4.69, 9.17) is 0 Å². The topological polar surface area (TPSA) is 32.3 Å². The highest BCUT2D eigenvalue weighted by molar-refractivity contribution is 7.09. The molecule has 1 fully saturated rings. The van der Waals surface area contributed by atoms with Crippen LogP contribution in [0, 0.1) is 13.8 Å². The third-order valence-corrected chi connectivity index (χ3v) is 5.21. The van der Waals surface area contributed by atoms with Gasteiger partial charge < -0.3 is 0 Å². The summed E-state index contributed by atoms with van der Waals surface area (Å²) in [5, 5.41) is 6.69. The molecular formula is C14H21ClN4S2. The third-order valence-electron chi connectivity index (χ3n) is 3.57. The third kappa shape index (κ3) is 4.72. The first-order valence-corrected chi connectivity index (χ1v) is 8.72. The number of hydrogen-bond donors (Lipinski definition) is 0. The summed E-state index contributed by atoms with van der Waals surface area (Å²) in [4.78, 5) is 14.1. The molecule has 3 rings (SSSR count). The Morgan fingerprint density at radius 2 is 1.24 bits per heavy atom. The van der Waals surface area contributed by atoms with Crippen LogP contribution in [0.5, 0.6) is 0 Å². The van der Waals surface area contributed by atoms with E-state index in [-0.39, 0.29) is 12.4 Å². The van der Waals surface area contributed by atoms with Crippen LogP contribution in [0.1, 0.15) is 21.4 Å². The summed E-state index contributed by atoms with van der Waals surface area (Å²) in [6, 6.07) is 0. The van der Waals surface area contributed by atoms with Crippen LogP contribution in [-0.4, -0.2) is 45.9 Å². The lowest BCUT2D eigenvalue weighted by Gasteiger charge is -2.33. The maximum absolute atomic E-state index is 4.55. The molecule has 0 unspecified atom stereocenters. The van der Waals surface area contributed by atoms with Crippen LogP contribution < -0.4 is 0 Å². The van der Waals surface area contributed by atoms with Crippen molar-refractivity contribution in [3.05, 3.63) is 32.2 Å². The lowest BCUT2D eigenvalue weighted by atomic mass is 10.3. The number of nitrogens with zero attached hydrogens (tertiary/aromatic N) is 4. The summed E-state index contributed by atoms with van der Waals surface area (Å²) >= 11 is 3.48. The predicted molar refractivity (Wildman–Crippen MR) is 91.5 cm³/mol. The van der Waals surface area contributed by atoms with Crippen molar-refractivity contribution >= 4 is 35.1 Å². The highest BCUT2D eigenvalue weighted by Gasteiger charge is 2.18. The van der Waals surface area contributed by atoms with Gasteiger partial charge in [0.1, 0.15) is 0 Å². The zero-order valence-electron chi connectivity index (χ0n) is 12.4. The van der Waals surface area contributed by atoms with Crippen molar-refractivity contribution in [2.45, 2.75) is 26.9 Å². The molecule has 0 bridgehead atoms. The minimum atomic E-state index is 0. The molecule has 7 heteroatoms. The second kappa shape index (κ2) is 7.65.